The smallest absolute Gasteiger partial charge is 0.250 e. The zero-order chi connectivity index (χ0) is 12.4. The lowest BCUT2D eigenvalue weighted by Crippen LogP contribution is -2.42. The molecule has 2 unspecified atom stereocenters. The predicted molar refractivity (Wildman–Crippen MR) is 63.0 cm³/mol. The molecule has 4 N–H and O–H groups in total. The standard InChI is InChI=1S/C11H24N2O3/c1-3-4-9(5-6-14)8-13-11(15)10(7-12)16-2/h9-10,14H,3-8,12H2,1-2H3,(H,13,15). The summed E-state index contributed by atoms with van der Waals surface area (Å²) in [4.78, 5) is 11.5. The van der Waals surface area contributed by atoms with Gasteiger partial charge in [0.15, 0.2) is 0 Å². The van der Waals surface area contributed by atoms with Crippen LogP contribution >= 0.6 is 0 Å². The Kier molecular flexibility index (Phi) is 9.18. The normalized spacial score (nSPS) is 14.5. The van der Waals surface area contributed by atoms with E-state index in [1.807, 2.05) is 0 Å². The lowest BCUT2D eigenvalue weighted by molar-refractivity contribution is -0.130. The molecule has 0 radical (unpaired) electrons. The topological polar surface area (TPSA) is 84.6 Å². The molecule has 0 aromatic carbocycles. The van der Waals surface area contributed by atoms with Crippen LogP contribution in [0.25, 0.3) is 0 Å². The number of aliphatic hydroxyl groups is 1. The van der Waals surface area contributed by atoms with Gasteiger partial charge in [-0.15, -0.1) is 0 Å². The van der Waals surface area contributed by atoms with Crippen LogP contribution < -0.4 is 11.1 Å². The van der Waals surface area contributed by atoms with Gasteiger partial charge in [-0.3, -0.25) is 4.79 Å². The number of amides is 1. The Morgan fingerprint density at radius 3 is 2.62 bits per heavy atom. The van der Waals surface area contributed by atoms with Crippen molar-refractivity contribution in [2.45, 2.75) is 32.3 Å². The maximum absolute atomic E-state index is 11.5. The summed E-state index contributed by atoms with van der Waals surface area (Å²) in [5.74, 6) is 0.151. The summed E-state index contributed by atoms with van der Waals surface area (Å²) in [5.41, 5.74) is 5.38. The number of nitrogens with two attached hydrogens (primary N) is 1. The summed E-state index contributed by atoms with van der Waals surface area (Å²) in [6, 6.07) is 0. The molecule has 5 nitrogen and oxygen atoms in total. The molecule has 0 aromatic rings. The number of nitrogens with one attached hydrogen (secondary N) is 1. The van der Waals surface area contributed by atoms with E-state index in [1.165, 1.54) is 7.11 Å². The molecule has 0 fully saturated rings. The first-order chi connectivity index (χ1) is 7.69. The summed E-state index contributed by atoms with van der Waals surface area (Å²) < 4.78 is 4.93. The van der Waals surface area contributed by atoms with Crippen LogP contribution in [0.15, 0.2) is 0 Å². The van der Waals surface area contributed by atoms with E-state index in [1.54, 1.807) is 0 Å². The molecule has 0 saturated heterocycles. The van der Waals surface area contributed by atoms with Crippen molar-refractivity contribution < 1.29 is 14.6 Å². The Hall–Kier alpha value is -0.650. The molecule has 0 rings (SSSR count). The molecule has 96 valence electrons. The van der Waals surface area contributed by atoms with Gasteiger partial charge < -0.3 is 20.9 Å². The number of hydrogen-bond donors (Lipinski definition) is 3. The van der Waals surface area contributed by atoms with E-state index >= 15 is 0 Å². The van der Waals surface area contributed by atoms with E-state index in [0.29, 0.717) is 18.9 Å². The monoisotopic (exact) mass is 232 g/mol. The van der Waals surface area contributed by atoms with Gasteiger partial charge in [0, 0.05) is 26.8 Å². The molecular weight excluding hydrogens is 208 g/mol. The minimum atomic E-state index is -0.573. The third-order valence-corrected chi connectivity index (χ3v) is 2.59. The molecule has 0 aromatic heterocycles. The van der Waals surface area contributed by atoms with Crippen LogP contribution in [0.2, 0.25) is 0 Å². The zero-order valence-corrected chi connectivity index (χ0v) is 10.2. The Bertz CT molecular complexity index is 178. The number of carbonyl (C=O) groups excluding carboxylic acids is 1. The Labute approximate surface area is 97.3 Å². The Balaban J connectivity index is 3.93. The van der Waals surface area contributed by atoms with Crippen molar-refractivity contribution in [1.82, 2.24) is 5.32 Å². The number of methoxy groups -OCH3 is 1. The van der Waals surface area contributed by atoms with Crippen LogP contribution in [0.3, 0.4) is 0 Å². The maximum Gasteiger partial charge on any atom is 0.250 e. The predicted octanol–water partition coefficient (Wildman–Crippen LogP) is -0.125. The third kappa shape index (κ3) is 6.05. The van der Waals surface area contributed by atoms with Crippen molar-refractivity contribution in [3.63, 3.8) is 0 Å². The van der Waals surface area contributed by atoms with Crippen molar-refractivity contribution in [2.24, 2.45) is 11.7 Å². The molecule has 0 bridgehead atoms. The van der Waals surface area contributed by atoms with Crippen LogP contribution in [0, 0.1) is 5.92 Å². The summed E-state index contributed by atoms with van der Waals surface area (Å²) in [5, 5.41) is 11.7. The third-order valence-electron chi connectivity index (χ3n) is 2.59. The fourth-order valence-electron chi connectivity index (χ4n) is 1.61. The van der Waals surface area contributed by atoms with Gasteiger partial charge in [-0.1, -0.05) is 13.3 Å². The van der Waals surface area contributed by atoms with Crippen LogP contribution in [-0.2, 0) is 9.53 Å². The second-order valence-electron chi connectivity index (χ2n) is 3.87. The number of aliphatic hydroxyl groups excluding tert-OH is 1. The average Bonchev–Trinajstić information content (AvgIpc) is 2.28. The Morgan fingerprint density at radius 1 is 1.50 bits per heavy atom. The highest BCUT2D eigenvalue weighted by Crippen LogP contribution is 2.09. The van der Waals surface area contributed by atoms with Gasteiger partial charge in [-0.2, -0.15) is 0 Å². The highest BCUT2D eigenvalue weighted by molar-refractivity contribution is 5.80. The minimum Gasteiger partial charge on any atom is -0.396 e. The average molecular weight is 232 g/mol. The highest BCUT2D eigenvalue weighted by atomic mass is 16.5. The molecule has 0 spiro atoms. The van der Waals surface area contributed by atoms with Crippen LogP contribution in [0.4, 0.5) is 0 Å². The van der Waals surface area contributed by atoms with Gasteiger partial charge in [0.05, 0.1) is 0 Å². The maximum atomic E-state index is 11.5. The lowest BCUT2D eigenvalue weighted by atomic mass is 10.0. The SMILES string of the molecule is CCCC(CCO)CNC(=O)C(CN)OC. The highest BCUT2D eigenvalue weighted by Gasteiger charge is 2.16. The van der Waals surface area contributed by atoms with E-state index in [2.05, 4.69) is 12.2 Å². The van der Waals surface area contributed by atoms with Crippen molar-refractivity contribution in [3.8, 4) is 0 Å². The molecule has 16 heavy (non-hydrogen) atoms. The summed E-state index contributed by atoms with van der Waals surface area (Å²) in [6.45, 7) is 3.00. The van der Waals surface area contributed by atoms with Crippen molar-refractivity contribution in [3.05, 3.63) is 0 Å². The second kappa shape index (κ2) is 9.57. The first-order valence-corrected chi connectivity index (χ1v) is 5.80. The number of ether oxygens (including phenoxy) is 1. The molecule has 0 aliphatic carbocycles. The van der Waals surface area contributed by atoms with E-state index in [0.717, 1.165) is 12.8 Å². The second-order valence-corrected chi connectivity index (χ2v) is 3.87. The first-order valence-electron chi connectivity index (χ1n) is 5.80. The van der Waals surface area contributed by atoms with E-state index < -0.39 is 6.10 Å². The number of hydrogen-bond acceptors (Lipinski definition) is 4. The fraction of sp³-hybridized carbons (Fsp3) is 0.909. The summed E-state index contributed by atoms with van der Waals surface area (Å²) in [6.07, 6.45) is 2.19. The van der Waals surface area contributed by atoms with Crippen LogP contribution in [0.5, 0.6) is 0 Å². The molecule has 1 amide bonds. The lowest BCUT2D eigenvalue weighted by Gasteiger charge is -2.18. The van der Waals surface area contributed by atoms with E-state index in [-0.39, 0.29) is 19.1 Å². The number of rotatable bonds is 9. The Morgan fingerprint density at radius 2 is 2.19 bits per heavy atom. The van der Waals surface area contributed by atoms with E-state index in [9.17, 15) is 4.79 Å². The molecule has 2 atom stereocenters. The van der Waals surface area contributed by atoms with Crippen LogP contribution in [-0.4, -0.2) is 43.9 Å². The summed E-state index contributed by atoms with van der Waals surface area (Å²) >= 11 is 0. The molecular formula is C11H24N2O3. The fourth-order valence-corrected chi connectivity index (χ4v) is 1.61. The molecule has 0 aliphatic rings. The van der Waals surface area contributed by atoms with E-state index in [4.69, 9.17) is 15.6 Å². The van der Waals surface area contributed by atoms with Gasteiger partial charge in [-0.25, -0.2) is 0 Å². The van der Waals surface area contributed by atoms with Gasteiger partial charge in [0.25, 0.3) is 0 Å². The van der Waals surface area contributed by atoms with Gasteiger partial charge in [-0.05, 0) is 18.8 Å². The number of carbonyl (C=O) groups is 1. The van der Waals surface area contributed by atoms with Gasteiger partial charge >= 0.3 is 0 Å². The molecule has 0 aliphatic heterocycles. The summed E-state index contributed by atoms with van der Waals surface area (Å²) in [7, 11) is 1.47. The quantitative estimate of drug-likeness (QED) is 0.517. The van der Waals surface area contributed by atoms with Crippen molar-refractivity contribution in [1.29, 1.82) is 0 Å². The van der Waals surface area contributed by atoms with Gasteiger partial charge in [0.2, 0.25) is 5.91 Å². The molecule has 0 saturated carbocycles. The molecule has 5 heteroatoms. The van der Waals surface area contributed by atoms with Crippen molar-refractivity contribution >= 4 is 5.91 Å². The van der Waals surface area contributed by atoms with Gasteiger partial charge in [0.1, 0.15) is 6.10 Å². The minimum absolute atomic E-state index is 0.158. The zero-order valence-electron chi connectivity index (χ0n) is 10.2. The van der Waals surface area contributed by atoms with Crippen LogP contribution in [0.1, 0.15) is 26.2 Å². The van der Waals surface area contributed by atoms with Crippen molar-refractivity contribution in [2.75, 3.05) is 26.8 Å². The largest absolute Gasteiger partial charge is 0.396 e. The molecule has 0 heterocycles. The first kappa shape index (κ1) is 15.3.